The molecule has 0 aliphatic heterocycles. The summed E-state index contributed by atoms with van der Waals surface area (Å²) in [6.45, 7) is 6.26. The minimum absolute atomic E-state index is 0.0223. The van der Waals surface area contributed by atoms with Crippen LogP contribution in [0, 0.1) is 13.8 Å². The number of aryl methyl sites for hydroxylation is 3. The molecule has 1 N–H and O–H groups in total. The van der Waals surface area contributed by atoms with Crippen LogP contribution < -0.4 is 9.46 Å². The number of nitrogens with one attached hydrogen (secondary N) is 1. The van der Waals surface area contributed by atoms with Crippen LogP contribution in [0.15, 0.2) is 77.7 Å². The zero-order valence-electron chi connectivity index (χ0n) is 22.2. The van der Waals surface area contributed by atoms with E-state index in [4.69, 9.17) is 4.74 Å². The quantitative estimate of drug-likeness (QED) is 0.279. The average molecular weight is 528 g/mol. The number of fused-ring (bicyclic) bond motifs is 1. The highest BCUT2D eigenvalue weighted by Gasteiger charge is 2.25. The van der Waals surface area contributed by atoms with Gasteiger partial charge in [0.2, 0.25) is 11.8 Å². The number of hydrogen-bond acceptors (Lipinski definition) is 5. The Morgan fingerprint density at radius 3 is 2.42 bits per heavy atom. The van der Waals surface area contributed by atoms with E-state index in [-0.39, 0.29) is 22.6 Å². The highest BCUT2D eigenvalue weighted by atomic mass is 32.2. The van der Waals surface area contributed by atoms with Gasteiger partial charge in [-0.05, 0) is 84.9 Å². The van der Waals surface area contributed by atoms with Crippen LogP contribution >= 0.6 is 0 Å². The van der Waals surface area contributed by atoms with Crippen LogP contribution in [0.2, 0.25) is 0 Å². The van der Waals surface area contributed by atoms with Gasteiger partial charge in [0.05, 0.1) is 17.7 Å². The van der Waals surface area contributed by atoms with Crippen molar-refractivity contribution in [2.24, 2.45) is 0 Å². The van der Waals surface area contributed by atoms with Crippen molar-refractivity contribution in [1.29, 1.82) is 0 Å². The van der Waals surface area contributed by atoms with Crippen molar-refractivity contribution in [2.45, 2.75) is 56.8 Å². The van der Waals surface area contributed by atoms with Gasteiger partial charge in [-0.3, -0.25) is 0 Å². The highest BCUT2D eigenvalue weighted by molar-refractivity contribution is 7.92. The number of anilines is 1. The van der Waals surface area contributed by atoms with Gasteiger partial charge in [-0.15, -0.1) is 0 Å². The summed E-state index contributed by atoms with van der Waals surface area (Å²) in [5.41, 5.74) is 7.43. The van der Waals surface area contributed by atoms with Gasteiger partial charge in [-0.1, -0.05) is 61.5 Å². The fraction of sp³-hybridized carbons (Fsp3) is 0.290. The molecule has 38 heavy (non-hydrogen) atoms. The zero-order valence-corrected chi connectivity index (χ0v) is 23.0. The second-order valence-electron chi connectivity index (χ2n) is 10.1. The summed E-state index contributed by atoms with van der Waals surface area (Å²) in [4.78, 5) is 9.04. The molecule has 0 saturated carbocycles. The first-order valence-electron chi connectivity index (χ1n) is 13.0. The molecule has 7 heteroatoms. The molecule has 1 aliphatic carbocycles. The number of sulfonamides is 1. The molecule has 6 nitrogen and oxygen atoms in total. The van der Waals surface area contributed by atoms with E-state index in [9.17, 15) is 8.42 Å². The van der Waals surface area contributed by atoms with Gasteiger partial charge in [0.25, 0.3) is 10.0 Å². The number of aromatic nitrogens is 2. The summed E-state index contributed by atoms with van der Waals surface area (Å²) in [6, 6.07) is 23.6. The van der Waals surface area contributed by atoms with E-state index in [0.717, 1.165) is 41.5 Å². The predicted molar refractivity (Wildman–Crippen MR) is 151 cm³/mol. The maximum atomic E-state index is 13.5. The number of methoxy groups -OCH3 is 1. The largest absolute Gasteiger partial charge is 0.481 e. The molecule has 0 saturated heterocycles. The molecule has 3 aromatic carbocycles. The van der Waals surface area contributed by atoms with Crippen molar-refractivity contribution in [3.63, 3.8) is 0 Å². The predicted octanol–water partition coefficient (Wildman–Crippen LogP) is 6.79. The topological polar surface area (TPSA) is 81.2 Å². The second kappa shape index (κ2) is 10.6. The number of nitrogens with zero attached hydrogens (tertiary/aromatic N) is 2. The molecule has 1 aromatic heterocycles. The van der Waals surface area contributed by atoms with Gasteiger partial charge in [0.15, 0.2) is 0 Å². The molecule has 0 spiro atoms. The molecular formula is C31H33N3O3S. The maximum absolute atomic E-state index is 13.5. The fourth-order valence-electron chi connectivity index (χ4n) is 5.58. The lowest BCUT2D eigenvalue weighted by Gasteiger charge is -2.19. The van der Waals surface area contributed by atoms with Crippen LogP contribution in [-0.4, -0.2) is 25.5 Å². The van der Waals surface area contributed by atoms with E-state index in [1.165, 1.54) is 18.2 Å². The van der Waals surface area contributed by atoms with E-state index in [2.05, 4.69) is 45.9 Å². The molecule has 5 rings (SSSR count). The number of benzene rings is 3. The van der Waals surface area contributed by atoms with Gasteiger partial charge in [0, 0.05) is 11.6 Å². The van der Waals surface area contributed by atoms with Crippen molar-refractivity contribution in [3.8, 4) is 17.1 Å². The molecule has 0 bridgehead atoms. The summed E-state index contributed by atoms with van der Waals surface area (Å²) in [6.07, 6.45) is 2.95. The van der Waals surface area contributed by atoms with Crippen LogP contribution in [0.25, 0.3) is 11.3 Å². The third kappa shape index (κ3) is 5.29. The Labute approximate surface area is 225 Å². The van der Waals surface area contributed by atoms with Gasteiger partial charge in [0.1, 0.15) is 0 Å². The normalized spacial score (nSPS) is 17.4. The highest BCUT2D eigenvalue weighted by Crippen LogP contribution is 2.39. The Kier molecular flexibility index (Phi) is 7.21. The van der Waals surface area contributed by atoms with Crippen molar-refractivity contribution in [1.82, 2.24) is 9.97 Å². The van der Waals surface area contributed by atoms with E-state index in [1.807, 2.05) is 44.2 Å². The molecule has 2 atom stereocenters. The summed E-state index contributed by atoms with van der Waals surface area (Å²) < 4.78 is 35.0. The van der Waals surface area contributed by atoms with Crippen LogP contribution in [0.1, 0.15) is 59.4 Å². The average Bonchev–Trinajstić information content (AvgIpc) is 3.07. The van der Waals surface area contributed by atoms with Gasteiger partial charge < -0.3 is 4.74 Å². The van der Waals surface area contributed by atoms with Crippen LogP contribution in [-0.2, 0) is 16.4 Å². The van der Waals surface area contributed by atoms with Gasteiger partial charge in [-0.2, -0.15) is 4.98 Å². The van der Waals surface area contributed by atoms with Crippen LogP contribution in [0.3, 0.4) is 0 Å². The van der Waals surface area contributed by atoms with Crippen molar-refractivity contribution >= 4 is 16.0 Å². The molecule has 2 unspecified atom stereocenters. The van der Waals surface area contributed by atoms with E-state index in [0.29, 0.717) is 11.6 Å². The van der Waals surface area contributed by atoms with Crippen molar-refractivity contribution < 1.29 is 13.2 Å². The van der Waals surface area contributed by atoms with E-state index >= 15 is 0 Å². The monoisotopic (exact) mass is 527 g/mol. The van der Waals surface area contributed by atoms with E-state index < -0.39 is 10.0 Å². The summed E-state index contributed by atoms with van der Waals surface area (Å²) in [5.74, 6) is 0.948. The van der Waals surface area contributed by atoms with Gasteiger partial charge in [-0.25, -0.2) is 18.1 Å². The maximum Gasteiger partial charge on any atom is 0.264 e. The molecule has 0 radical (unpaired) electrons. The minimum Gasteiger partial charge on any atom is -0.481 e. The third-order valence-corrected chi connectivity index (χ3v) is 8.83. The van der Waals surface area contributed by atoms with E-state index in [1.54, 1.807) is 18.2 Å². The zero-order chi connectivity index (χ0) is 26.9. The van der Waals surface area contributed by atoms with Crippen LogP contribution in [0.5, 0.6) is 5.88 Å². The Hall–Kier alpha value is -3.71. The molecular weight excluding hydrogens is 494 g/mol. The third-order valence-electron chi connectivity index (χ3n) is 7.50. The summed E-state index contributed by atoms with van der Waals surface area (Å²) in [7, 11) is -2.42. The Morgan fingerprint density at radius 2 is 1.66 bits per heavy atom. The van der Waals surface area contributed by atoms with Crippen molar-refractivity contribution in [2.75, 3.05) is 11.8 Å². The molecule has 196 valence electrons. The lowest BCUT2D eigenvalue weighted by molar-refractivity contribution is 0.398. The number of rotatable bonds is 6. The fourth-order valence-corrected chi connectivity index (χ4v) is 6.58. The first kappa shape index (κ1) is 25.9. The first-order valence-corrected chi connectivity index (χ1v) is 14.4. The minimum atomic E-state index is -3.93. The Bertz CT molecular complexity index is 1560. The molecule has 4 aromatic rings. The summed E-state index contributed by atoms with van der Waals surface area (Å²) >= 11 is 0. The number of hydrogen-bond donors (Lipinski definition) is 1. The lowest BCUT2D eigenvalue weighted by Crippen LogP contribution is -2.16. The Balaban J connectivity index is 1.44. The second-order valence-corrected chi connectivity index (χ2v) is 11.8. The van der Waals surface area contributed by atoms with Crippen LogP contribution in [0.4, 0.5) is 5.95 Å². The molecule has 0 fully saturated rings. The number of ether oxygens (including phenoxy) is 1. The molecule has 1 heterocycles. The standard InChI is InChI=1S/C31H33N3O3S/c1-20-9-7-10-21(2)30(20)28-19-29(37-4)33-31(32-28)34-38(35,36)26-13-8-12-24(18-26)25-16-15-23-11-5-6-14-27(23)22(3)17-25/h5-14,18-19,22,25H,15-17H2,1-4H3,(H,32,33,34). The Morgan fingerprint density at radius 1 is 0.921 bits per heavy atom. The molecule has 0 amide bonds. The van der Waals surface area contributed by atoms with Crippen molar-refractivity contribution in [3.05, 3.63) is 101 Å². The lowest BCUT2D eigenvalue weighted by atomic mass is 9.87. The van der Waals surface area contributed by atoms with Gasteiger partial charge >= 0.3 is 0 Å². The first-order chi connectivity index (χ1) is 18.2. The SMILES string of the molecule is COc1cc(-c2c(C)cccc2C)nc(NS(=O)(=O)c2cccc(C3CCc4ccccc4C(C)C3)c2)n1. The summed E-state index contributed by atoms with van der Waals surface area (Å²) in [5, 5.41) is 0. The smallest absolute Gasteiger partial charge is 0.264 e. The molecule has 1 aliphatic rings.